The zero-order valence-electron chi connectivity index (χ0n) is 16.7. The van der Waals surface area contributed by atoms with Gasteiger partial charge in [-0.25, -0.2) is 4.39 Å². The number of piperazine rings is 1. The molecule has 0 amide bonds. The molecule has 0 unspecified atom stereocenters. The molecule has 1 aliphatic rings. The molecule has 1 aromatic heterocycles. The van der Waals surface area contributed by atoms with Crippen LogP contribution in [-0.4, -0.2) is 52.8 Å². The maximum Gasteiger partial charge on any atom is 0.274 e. The fourth-order valence-corrected chi connectivity index (χ4v) is 3.45. The number of aromatic nitrogens is 3. The van der Waals surface area contributed by atoms with Crippen LogP contribution < -0.4 is 10.5 Å². The molecular weight excluding hydrogens is 381 g/mol. The summed E-state index contributed by atoms with van der Waals surface area (Å²) in [6.45, 7) is 4.23. The first kappa shape index (κ1) is 20.0. The molecule has 0 bridgehead atoms. The molecular formula is C23H24FN5O. The van der Waals surface area contributed by atoms with Gasteiger partial charge in [0.25, 0.3) is 5.56 Å². The Bertz CT molecular complexity index is 1040. The average Bonchev–Trinajstić information content (AvgIpc) is 2.78. The minimum atomic E-state index is -0.302. The summed E-state index contributed by atoms with van der Waals surface area (Å²) in [6, 6.07) is 16.3. The number of benzene rings is 2. The van der Waals surface area contributed by atoms with Crippen LogP contribution in [0, 0.1) is 5.82 Å². The van der Waals surface area contributed by atoms with Crippen molar-refractivity contribution in [1.82, 2.24) is 20.1 Å². The number of halogens is 1. The van der Waals surface area contributed by atoms with E-state index >= 15 is 0 Å². The number of nitrogens with zero attached hydrogens (tertiary/aromatic N) is 4. The third-order valence-corrected chi connectivity index (χ3v) is 5.18. The van der Waals surface area contributed by atoms with Crippen molar-refractivity contribution in [3.05, 3.63) is 93.7 Å². The lowest BCUT2D eigenvalue weighted by Gasteiger charge is -2.34. The summed E-state index contributed by atoms with van der Waals surface area (Å²) in [7, 11) is 0. The van der Waals surface area contributed by atoms with Gasteiger partial charge in [-0.2, -0.15) is 0 Å². The zero-order chi connectivity index (χ0) is 20.8. The number of anilines is 1. The molecule has 1 aliphatic heterocycles. The predicted molar refractivity (Wildman–Crippen MR) is 116 cm³/mol. The lowest BCUT2D eigenvalue weighted by molar-refractivity contribution is 0.282. The van der Waals surface area contributed by atoms with Crippen molar-refractivity contribution in [2.24, 2.45) is 0 Å². The predicted octanol–water partition coefficient (Wildman–Crippen LogP) is 2.73. The molecule has 6 nitrogen and oxygen atoms in total. The monoisotopic (exact) mass is 405 g/mol. The van der Waals surface area contributed by atoms with Crippen LogP contribution >= 0.6 is 0 Å². The van der Waals surface area contributed by atoms with Gasteiger partial charge in [-0.05, 0) is 23.3 Å². The van der Waals surface area contributed by atoms with E-state index in [0.717, 1.165) is 38.3 Å². The normalized spacial score (nSPS) is 15.0. The lowest BCUT2D eigenvalue weighted by atomic mass is 10.1. The molecule has 1 N–H and O–H groups in total. The smallest absolute Gasteiger partial charge is 0.274 e. The van der Waals surface area contributed by atoms with E-state index in [0.29, 0.717) is 18.1 Å². The summed E-state index contributed by atoms with van der Waals surface area (Å²) < 4.78 is 13.0. The van der Waals surface area contributed by atoms with Gasteiger partial charge in [0.15, 0.2) is 0 Å². The molecule has 0 atom stereocenters. The fraction of sp³-hybridized carbons (Fsp3) is 0.261. The molecule has 3 aromatic rings. The molecule has 30 heavy (non-hydrogen) atoms. The fourth-order valence-electron chi connectivity index (χ4n) is 3.45. The summed E-state index contributed by atoms with van der Waals surface area (Å²) in [5.41, 5.74) is 2.10. The van der Waals surface area contributed by atoms with Gasteiger partial charge in [0.05, 0.1) is 0 Å². The van der Waals surface area contributed by atoms with Crippen molar-refractivity contribution < 1.29 is 4.39 Å². The van der Waals surface area contributed by atoms with Crippen LogP contribution in [0.15, 0.2) is 65.5 Å². The van der Waals surface area contributed by atoms with Crippen molar-refractivity contribution in [3.63, 3.8) is 0 Å². The highest BCUT2D eigenvalue weighted by atomic mass is 19.1. The molecule has 1 saturated heterocycles. The summed E-state index contributed by atoms with van der Waals surface area (Å²) in [6.07, 6.45) is 4.64. The molecule has 154 valence electrons. The molecule has 0 aliphatic carbocycles. The first-order chi connectivity index (χ1) is 14.7. The van der Waals surface area contributed by atoms with Gasteiger partial charge in [0, 0.05) is 39.1 Å². The van der Waals surface area contributed by atoms with Crippen LogP contribution in [0.3, 0.4) is 0 Å². The van der Waals surface area contributed by atoms with Crippen molar-refractivity contribution in [2.75, 3.05) is 37.6 Å². The number of hydrogen-bond donors (Lipinski definition) is 1. The van der Waals surface area contributed by atoms with Crippen molar-refractivity contribution in [3.8, 4) is 0 Å². The Hall–Kier alpha value is -3.32. The highest BCUT2D eigenvalue weighted by Gasteiger charge is 2.19. The summed E-state index contributed by atoms with van der Waals surface area (Å²) in [4.78, 5) is 19.7. The highest BCUT2D eigenvalue weighted by molar-refractivity contribution is 5.48. The van der Waals surface area contributed by atoms with Gasteiger partial charge in [0.2, 0.25) is 5.95 Å². The summed E-state index contributed by atoms with van der Waals surface area (Å²) in [5.74, 6) is 0.200. The van der Waals surface area contributed by atoms with Gasteiger partial charge in [-0.1, -0.05) is 54.6 Å². The van der Waals surface area contributed by atoms with Gasteiger partial charge < -0.3 is 4.90 Å². The van der Waals surface area contributed by atoms with E-state index in [1.54, 1.807) is 12.1 Å². The second kappa shape index (κ2) is 9.45. The van der Waals surface area contributed by atoms with E-state index in [-0.39, 0.29) is 11.4 Å². The highest BCUT2D eigenvalue weighted by Crippen LogP contribution is 2.11. The van der Waals surface area contributed by atoms with Crippen LogP contribution in [0.5, 0.6) is 0 Å². The molecule has 0 spiro atoms. The largest absolute Gasteiger partial charge is 0.338 e. The minimum absolute atomic E-state index is 0.252. The molecule has 4 rings (SSSR count). The van der Waals surface area contributed by atoms with Crippen LogP contribution in [0.1, 0.15) is 16.8 Å². The van der Waals surface area contributed by atoms with Crippen LogP contribution in [-0.2, 0) is 6.42 Å². The molecule has 2 aromatic carbocycles. The van der Waals surface area contributed by atoms with E-state index in [4.69, 9.17) is 0 Å². The van der Waals surface area contributed by atoms with Crippen LogP contribution in [0.25, 0.3) is 6.08 Å². The van der Waals surface area contributed by atoms with E-state index in [1.165, 1.54) is 17.7 Å². The van der Waals surface area contributed by atoms with Gasteiger partial charge in [0.1, 0.15) is 11.5 Å². The Morgan fingerprint density at radius 2 is 1.70 bits per heavy atom. The molecule has 2 heterocycles. The SMILES string of the molecule is O=c1[nH]c(N2CCN(C/C=C/c3ccccc3)CC2)nnc1Cc1ccc(F)cc1. The van der Waals surface area contributed by atoms with Gasteiger partial charge in [-0.3, -0.25) is 14.7 Å². The van der Waals surface area contributed by atoms with E-state index < -0.39 is 0 Å². The molecule has 7 heteroatoms. The molecule has 1 fully saturated rings. The van der Waals surface area contributed by atoms with E-state index in [9.17, 15) is 9.18 Å². The average molecular weight is 405 g/mol. The maximum absolute atomic E-state index is 13.0. The summed E-state index contributed by atoms with van der Waals surface area (Å²) >= 11 is 0. The number of H-pyrrole nitrogens is 1. The Labute approximate surface area is 174 Å². The maximum atomic E-state index is 13.0. The number of nitrogens with one attached hydrogen (secondary N) is 1. The Morgan fingerprint density at radius 3 is 2.40 bits per heavy atom. The second-order valence-corrected chi connectivity index (χ2v) is 7.33. The standard InChI is InChI=1S/C23H24FN5O/c24-20-10-8-19(9-11-20)17-21-22(30)25-23(27-26-21)29-15-13-28(14-16-29)12-4-7-18-5-2-1-3-6-18/h1-11H,12-17H2,(H,25,27,30)/b7-4+. The van der Waals surface area contributed by atoms with Gasteiger partial charge >= 0.3 is 0 Å². The number of aromatic amines is 1. The van der Waals surface area contributed by atoms with E-state index in [1.807, 2.05) is 23.1 Å². The first-order valence-corrected chi connectivity index (χ1v) is 10.1. The van der Waals surface area contributed by atoms with Crippen LogP contribution in [0.4, 0.5) is 10.3 Å². The van der Waals surface area contributed by atoms with Crippen molar-refractivity contribution >= 4 is 12.0 Å². The lowest BCUT2D eigenvalue weighted by Crippen LogP contribution is -2.47. The summed E-state index contributed by atoms with van der Waals surface area (Å²) in [5, 5.41) is 8.34. The number of hydrogen-bond acceptors (Lipinski definition) is 5. The third-order valence-electron chi connectivity index (χ3n) is 5.18. The van der Waals surface area contributed by atoms with Crippen molar-refractivity contribution in [1.29, 1.82) is 0 Å². The molecule has 0 saturated carbocycles. The van der Waals surface area contributed by atoms with Gasteiger partial charge in [-0.15, -0.1) is 10.2 Å². The quantitative estimate of drug-likeness (QED) is 0.683. The molecule has 0 radical (unpaired) electrons. The van der Waals surface area contributed by atoms with Crippen molar-refractivity contribution in [2.45, 2.75) is 6.42 Å². The Kier molecular flexibility index (Phi) is 6.29. The minimum Gasteiger partial charge on any atom is -0.338 e. The first-order valence-electron chi connectivity index (χ1n) is 10.1. The Morgan fingerprint density at radius 1 is 0.967 bits per heavy atom. The Balaban J connectivity index is 1.31. The zero-order valence-corrected chi connectivity index (χ0v) is 16.7. The van der Waals surface area contributed by atoms with Crippen LogP contribution in [0.2, 0.25) is 0 Å². The second-order valence-electron chi connectivity index (χ2n) is 7.33. The third kappa shape index (κ3) is 5.18. The topological polar surface area (TPSA) is 65.1 Å². The number of rotatable bonds is 6. The van der Waals surface area contributed by atoms with E-state index in [2.05, 4.69) is 44.4 Å².